The van der Waals surface area contributed by atoms with Crippen LogP contribution in [0.25, 0.3) is 20.4 Å². The van der Waals surface area contributed by atoms with Crippen LogP contribution in [0, 0.1) is 5.82 Å². The summed E-state index contributed by atoms with van der Waals surface area (Å²) in [5.74, 6) is -0.321. The minimum Gasteiger partial charge on any atom is -0.345 e. The van der Waals surface area contributed by atoms with Crippen LogP contribution in [0.3, 0.4) is 0 Å². The van der Waals surface area contributed by atoms with Gasteiger partial charge in [0.15, 0.2) is 10.3 Å². The van der Waals surface area contributed by atoms with Gasteiger partial charge in [0.05, 0.1) is 20.4 Å². The Morgan fingerprint density at radius 1 is 1.00 bits per heavy atom. The van der Waals surface area contributed by atoms with E-state index in [9.17, 15) is 9.18 Å². The quantitative estimate of drug-likeness (QED) is 0.576. The van der Waals surface area contributed by atoms with Gasteiger partial charge in [-0.2, -0.15) is 0 Å². The third kappa shape index (κ3) is 3.06. The normalized spacial score (nSPS) is 11.2. The van der Waals surface area contributed by atoms with Crippen molar-refractivity contribution >= 4 is 59.3 Å². The summed E-state index contributed by atoms with van der Waals surface area (Å²) in [6, 6.07) is 9.97. The van der Waals surface area contributed by atoms with Crippen molar-refractivity contribution in [2.75, 3.05) is 19.4 Å². The van der Waals surface area contributed by atoms with E-state index in [1.165, 1.54) is 34.8 Å². The average Bonchev–Trinajstić information content (AvgIpc) is 3.15. The number of aromatic nitrogens is 2. The summed E-state index contributed by atoms with van der Waals surface area (Å²) < 4.78 is 15.0. The molecular weight excluding hydrogens is 359 g/mol. The first kappa shape index (κ1) is 15.9. The van der Waals surface area contributed by atoms with Crippen molar-refractivity contribution in [3.63, 3.8) is 0 Å². The zero-order valence-corrected chi connectivity index (χ0v) is 15.0. The van der Waals surface area contributed by atoms with Crippen molar-refractivity contribution in [2.45, 2.75) is 0 Å². The molecule has 0 unspecified atom stereocenters. The summed E-state index contributed by atoms with van der Waals surface area (Å²) in [6.45, 7) is 0. The molecule has 4 aromatic rings. The fraction of sp³-hybridized carbons (Fsp3) is 0.118. The number of carbonyl (C=O) groups is 1. The molecular formula is C17H13FN4OS2. The first-order valence-electron chi connectivity index (χ1n) is 7.45. The first-order chi connectivity index (χ1) is 12.0. The molecule has 0 spiro atoms. The predicted octanol–water partition coefficient (Wildman–Crippen LogP) is 4.49. The highest BCUT2D eigenvalue weighted by Gasteiger charge is 2.12. The van der Waals surface area contributed by atoms with Gasteiger partial charge in [-0.3, -0.25) is 4.79 Å². The molecule has 0 saturated heterocycles. The summed E-state index contributed by atoms with van der Waals surface area (Å²) in [5, 5.41) is 4.51. The Hall–Kier alpha value is -2.58. The Bertz CT molecular complexity index is 1100. The number of nitrogens with zero attached hydrogens (tertiary/aromatic N) is 3. The second kappa shape index (κ2) is 6.05. The number of benzene rings is 2. The van der Waals surface area contributed by atoms with Gasteiger partial charge in [-0.25, -0.2) is 14.4 Å². The van der Waals surface area contributed by atoms with Gasteiger partial charge in [-0.15, -0.1) is 0 Å². The first-order valence-corrected chi connectivity index (χ1v) is 9.08. The topological polar surface area (TPSA) is 58.1 Å². The lowest BCUT2D eigenvalue weighted by Gasteiger charge is -2.09. The highest BCUT2D eigenvalue weighted by atomic mass is 32.1. The largest absolute Gasteiger partial charge is 0.345 e. The Morgan fingerprint density at radius 2 is 1.60 bits per heavy atom. The second-order valence-corrected chi connectivity index (χ2v) is 7.72. The Morgan fingerprint density at radius 3 is 2.24 bits per heavy atom. The molecule has 0 aliphatic heterocycles. The smallest absolute Gasteiger partial charge is 0.253 e. The van der Waals surface area contributed by atoms with Gasteiger partial charge < -0.3 is 10.2 Å². The molecule has 126 valence electrons. The molecule has 25 heavy (non-hydrogen) atoms. The zero-order chi connectivity index (χ0) is 17.6. The summed E-state index contributed by atoms with van der Waals surface area (Å²) in [5.41, 5.74) is 2.19. The van der Waals surface area contributed by atoms with E-state index >= 15 is 0 Å². The van der Waals surface area contributed by atoms with E-state index in [1.807, 2.05) is 12.1 Å². The van der Waals surface area contributed by atoms with E-state index in [4.69, 9.17) is 0 Å². The average molecular weight is 372 g/mol. The molecule has 2 aromatic heterocycles. The van der Waals surface area contributed by atoms with Crippen molar-refractivity contribution in [1.82, 2.24) is 14.9 Å². The van der Waals surface area contributed by atoms with Crippen LogP contribution < -0.4 is 5.32 Å². The minimum absolute atomic E-state index is 0.0435. The molecule has 0 fully saturated rings. The van der Waals surface area contributed by atoms with E-state index in [0.717, 1.165) is 20.4 Å². The lowest BCUT2D eigenvalue weighted by molar-refractivity contribution is 0.0828. The maximum atomic E-state index is 13.3. The van der Waals surface area contributed by atoms with Crippen LogP contribution in [-0.4, -0.2) is 34.9 Å². The molecule has 1 N–H and O–H groups in total. The van der Waals surface area contributed by atoms with E-state index in [1.54, 1.807) is 31.1 Å². The molecule has 2 heterocycles. The third-order valence-electron chi connectivity index (χ3n) is 3.61. The maximum absolute atomic E-state index is 13.3. The zero-order valence-electron chi connectivity index (χ0n) is 13.4. The summed E-state index contributed by atoms with van der Waals surface area (Å²) >= 11 is 2.82. The Kier molecular flexibility index (Phi) is 3.85. The SMILES string of the molecule is CN(C)C(=O)c1ccc2nc(Nc3nc4ccc(F)cc4s3)sc2c1. The number of hydrogen-bond acceptors (Lipinski definition) is 6. The van der Waals surface area contributed by atoms with Crippen molar-refractivity contribution in [1.29, 1.82) is 0 Å². The molecule has 0 atom stereocenters. The van der Waals surface area contributed by atoms with Crippen molar-refractivity contribution < 1.29 is 9.18 Å². The lowest BCUT2D eigenvalue weighted by atomic mass is 10.2. The summed E-state index contributed by atoms with van der Waals surface area (Å²) in [4.78, 5) is 22.6. The number of amides is 1. The molecule has 1 amide bonds. The molecule has 0 bridgehead atoms. The number of nitrogens with one attached hydrogen (secondary N) is 1. The van der Waals surface area contributed by atoms with Crippen molar-refractivity contribution in [3.8, 4) is 0 Å². The number of halogens is 1. The van der Waals surface area contributed by atoms with Gasteiger partial charge >= 0.3 is 0 Å². The molecule has 0 aliphatic carbocycles. The molecule has 0 radical (unpaired) electrons. The van der Waals surface area contributed by atoms with Crippen LogP contribution in [0.5, 0.6) is 0 Å². The summed E-state index contributed by atoms with van der Waals surface area (Å²) in [6.07, 6.45) is 0. The van der Waals surface area contributed by atoms with E-state index in [-0.39, 0.29) is 11.7 Å². The van der Waals surface area contributed by atoms with E-state index in [2.05, 4.69) is 15.3 Å². The Labute approximate surface area is 150 Å². The van der Waals surface area contributed by atoms with Crippen LogP contribution in [0.1, 0.15) is 10.4 Å². The standard InChI is InChI=1S/C17H13FN4OS2/c1-22(2)15(23)9-3-5-11-13(7-9)24-16(19-11)21-17-20-12-6-4-10(18)8-14(12)25-17/h3-8H,1-2H3,(H,19,20,21). The van der Waals surface area contributed by atoms with Gasteiger partial charge in [-0.05, 0) is 36.4 Å². The van der Waals surface area contributed by atoms with Crippen LogP contribution >= 0.6 is 22.7 Å². The van der Waals surface area contributed by atoms with Crippen LogP contribution in [0.15, 0.2) is 36.4 Å². The van der Waals surface area contributed by atoms with Gasteiger partial charge in [0.1, 0.15) is 5.82 Å². The van der Waals surface area contributed by atoms with Crippen molar-refractivity contribution in [2.24, 2.45) is 0 Å². The van der Waals surface area contributed by atoms with Crippen LogP contribution in [0.2, 0.25) is 0 Å². The molecule has 5 nitrogen and oxygen atoms in total. The molecule has 0 saturated carbocycles. The lowest BCUT2D eigenvalue weighted by Crippen LogP contribution is -2.21. The predicted molar refractivity (Wildman–Crippen MR) is 100 cm³/mol. The number of anilines is 2. The Balaban J connectivity index is 1.65. The molecule has 4 rings (SSSR count). The fourth-order valence-electron chi connectivity index (χ4n) is 2.41. The number of fused-ring (bicyclic) bond motifs is 2. The van der Waals surface area contributed by atoms with Gasteiger partial charge in [-0.1, -0.05) is 22.7 Å². The van der Waals surface area contributed by atoms with Gasteiger partial charge in [0.2, 0.25) is 0 Å². The number of hydrogen-bond donors (Lipinski definition) is 1. The number of thiazole rings is 2. The molecule has 2 aromatic carbocycles. The fourth-order valence-corrected chi connectivity index (χ4v) is 4.27. The second-order valence-electron chi connectivity index (χ2n) is 5.66. The van der Waals surface area contributed by atoms with Gasteiger partial charge in [0.25, 0.3) is 5.91 Å². The highest BCUT2D eigenvalue weighted by Crippen LogP contribution is 2.33. The maximum Gasteiger partial charge on any atom is 0.253 e. The monoisotopic (exact) mass is 372 g/mol. The van der Waals surface area contributed by atoms with Crippen LogP contribution in [-0.2, 0) is 0 Å². The molecule has 0 aliphatic rings. The van der Waals surface area contributed by atoms with E-state index < -0.39 is 0 Å². The summed E-state index contributed by atoms with van der Waals surface area (Å²) in [7, 11) is 3.45. The number of rotatable bonds is 3. The van der Waals surface area contributed by atoms with Gasteiger partial charge in [0, 0.05) is 19.7 Å². The van der Waals surface area contributed by atoms with Crippen LogP contribution in [0.4, 0.5) is 14.7 Å². The minimum atomic E-state index is -0.277. The third-order valence-corrected chi connectivity index (χ3v) is 5.47. The highest BCUT2D eigenvalue weighted by molar-refractivity contribution is 7.24. The van der Waals surface area contributed by atoms with E-state index in [0.29, 0.717) is 15.8 Å². The van der Waals surface area contributed by atoms with Crippen molar-refractivity contribution in [3.05, 3.63) is 47.8 Å². The number of carbonyl (C=O) groups excluding carboxylic acids is 1. The molecule has 8 heteroatoms.